The summed E-state index contributed by atoms with van der Waals surface area (Å²) in [5, 5.41) is 7.73. The van der Waals surface area contributed by atoms with E-state index in [0.29, 0.717) is 13.1 Å². The van der Waals surface area contributed by atoms with E-state index in [1.807, 2.05) is 41.8 Å². The van der Waals surface area contributed by atoms with Crippen molar-refractivity contribution < 1.29 is 9.59 Å². The molecular weight excluding hydrogens is 310 g/mol. The molecule has 1 saturated heterocycles. The summed E-state index contributed by atoms with van der Waals surface area (Å²) in [6.45, 7) is 3.63. The average molecular weight is 329 g/mol. The minimum absolute atomic E-state index is 0.0525. The lowest BCUT2D eigenvalue weighted by atomic mass is 10.1. The van der Waals surface area contributed by atoms with Gasteiger partial charge in [0, 0.05) is 37.1 Å². The van der Waals surface area contributed by atoms with Crippen molar-refractivity contribution in [3.8, 4) is 0 Å². The molecule has 1 atom stereocenters. The van der Waals surface area contributed by atoms with Crippen LogP contribution in [0.5, 0.6) is 0 Å². The summed E-state index contributed by atoms with van der Waals surface area (Å²) in [5.74, 6) is -0.0346. The van der Waals surface area contributed by atoms with Gasteiger partial charge in [-0.2, -0.15) is 0 Å². The molecule has 3 rings (SSSR count). The summed E-state index contributed by atoms with van der Waals surface area (Å²) in [6.07, 6.45) is 0. The number of carbonyl (C=O) groups excluding carboxylic acids is 2. The molecule has 120 valence electrons. The highest BCUT2D eigenvalue weighted by molar-refractivity contribution is 7.10. The van der Waals surface area contributed by atoms with Gasteiger partial charge >= 0.3 is 0 Å². The van der Waals surface area contributed by atoms with E-state index in [2.05, 4.69) is 15.5 Å². The fourth-order valence-corrected chi connectivity index (χ4v) is 3.68. The van der Waals surface area contributed by atoms with Crippen LogP contribution in [0.2, 0.25) is 0 Å². The third kappa shape index (κ3) is 3.78. The van der Waals surface area contributed by atoms with Crippen molar-refractivity contribution in [3.05, 3.63) is 52.2 Å². The van der Waals surface area contributed by atoms with E-state index in [1.165, 1.54) is 6.92 Å². The second-order valence-corrected chi connectivity index (χ2v) is 6.54. The van der Waals surface area contributed by atoms with Crippen LogP contribution in [0.1, 0.15) is 23.4 Å². The van der Waals surface area contributed by atoms with Crippen molar-refractivity contribution in [2.75, 3.05) is 18.4 Å². The topological polar surface area (TPSA) is 61.4 Å². The van der Waals surface area contributed by atoms with Gasteiger partial charge in [-0.05, 0) is 29.1 Å². The zero-order chi connectivity index (χ0) is 16.2. The summed E-state index contributed by atoms with van der Waals surface area (Å²) < 4.78 is 0. The van der Waals surface area contributed by atoms with Gasteiger partial charge in [-0.25, -0.2) is 0 Å². The van der Waals surface area contributed by atoms with Gasteiger partial charge < -0.3 is 10.6 Å². The number of rotatable bonds is 4. The molecule has 2 N–H and O–H groups in total. The number of nitrogens with zero attached hydrogens (tertiary/aromatic N) is 1. The number of thiophene rings is 1. The molecule has 23 heavy (non-hydrogen) atoms. The Hall–Kier alpha value is -2.18. The summed E-state index contributed by atoms with van der Waals surface area (Å²) in [5.41, 5.74) is 1.86. The molecule has 2 aromatic rings. The molecule has 1 aromatic carbocycles. The third-order valence-corrected chi connectivity index (χ3v) is 4.68. The molecule has 0 spiro atoms. The molecule has 2 amide bonds. The molecule has 1 aliphatic heterocycles. The Kier molecular flexibility index (Phi) is 4.73. The van der Waals surface area contributed by atoms with Gasteiger partial charge in [0.2, 0.25) is 11.8 Å². The van der Waals surface area contributed by atoms with Crippen LogP contribution in [0, 0.1) is 0 Å². The van der Waals surface area contributed by atoms with E-state index >= 15 is 0 Å². The van der Waals surface area contributed by atoms with Crippen LogP contribution < -0.4 is 10.6 Å². The Morgan fingerprint density at radius 1 is 1.39 bits per heavy atom. The van der Waals surface area contributed by atoms with E-state index in [0.717, 1.165) is 22.7 Å². The Labute approximate surface area is 139 Å². The van der Waals surface area contributed by atoms with Crippen LogP contribution in [-0.4, -0.2) is 29.8 Å². The monoisotopic (exact) mass is 329 g/mol. The number of amides is 2. The predicted molar refractivity (Wildman–Crippen MR) is 91.2 cm³/mol. The SMILES string of the molecule is CC(=O)Nc1cccc(CN2CCNC(=O)C2c2cccs2)c1. The number of nitrogens with one attached hydrogen (secondary N) is 2. The number of hydrogen-bond donors (Lipinski definition) is 2. The molecular formula is C17H19N3O2S. The molecule has 1 unspecified atom stereocenters. The second kappa shape index (κ2) is 6.93. The van der Waals surface area contributed by atoms with Crippen molar-refractivity contribution in [1.29, 1.82) is 0 Å². The Bertz CT molecular complexity index is 700. The normalized spacial score (nSPS) is 18.5. The van der Waals surface area contributed by atoms with Gasteiger partial charge in [-0.15, -0.1) is 11.3 Å². The minimum Gasteiger partial charge on any atom is -0.353 e. The lowest BCUT2D eigenvalue weighted by molar-refractivity contribution is -0.129. The van der Waals surface area contributed by atoms with Crippen molar-refractivity contribution in [2.45, 2.75) is 19.5 Å². The highest BCUT2D eigenvalue weighted by Crippen LogP contribution is 2.28. The Morgan fingerprint density at radius 3 is 3.00 bits per heavy atom. The predicted octanol–water partition coefficient (Wildman–Crippen LogP) is 2.38. The Morgan fingerprint density at radius 2 is 2.26 bits per heavy atom. The molecule has 0 bridgehead atoms. The molecule has 6 heteroatoms. The van der Waals surface area contributed by atoms with Gasteiger partial charge in [0.1, 0.15) is 6.04 Å². The Balaban J connectivity index is 1.80. The number of hydrogen-bond acceptors (Lipinski definition) is 4. The van der Waals surface area contributed by atoms with E-state index < -0.39 is 0 Å². The van der Waals surface area contributed by atoms with Crippen molar-refractivity contribution in [1.82, 2.24) is 10.2 Å². The molecule has 2 heterocycles. The summed E-state index contributed by atoms with van der Waals surface area (Å²) >= 11 is 1.60. The van der Waals surface area contributed by atoms with Gasteiger partial charge in [-0.1, -0.05) is 18.2 Å². The van der Waals surface area contributed by atoms with E-state index in [4.69, 9.17) is 0 Å². The third-order valence-electron chi connectivity index (χ3n) is 3.76. The molecule has 0 aliphatic carbocycles. The van der Waals surface area contributed by atoms with Gasteiger partial charge in [0.05, 0.1) is 0 Å². The van der Waals surface area contributed by atoms with Crippen LogP contribution in [0.4, 0.5) is 5.69 Å². The molecule has 0 radical (unpaired) electrons. The maximum atomic E-state index is 12.3. The summed E-state index contributed by atoms with van der Waals surface area (Å²) in [6, 6.07) is 11.5. The fourth-order valence-electron chi connectivity index (χ4n) is 2.83. The number of carbonyl (C=O) groups is 2. The van der Waals surface area contributed by atoms with Crippen molar-refractivity contribution in [2.24, 2.45) is 0 Å². The molecule has 1 fully saturated rings. The first-order valence-electron chi connectivity index (χ1n) is 7.55. The maximum absolute atomic E-state index is 12.3. The van der Waals surface area contributed by atoms with E-state index in [-0.39, 0.29) is 17.9 Å². The summed E-state index contributed by atoms with van der Waals surface area (Å²) in [4.78, 5) is 26.7. The van der Waals surface area contributed by atoms with E-state index in [1.54, 1.807) is 11.3 Å². The smallest absolute Gasteiger partial charge is 0.242 e. The van der Waals surface area contributed by atoms with Crippen LogP contribution >= 0.6 is 11.3 Å². The largest absolute Gasteiger partial charge is 0.353 e. The first kappa shape index (κ1) is 15.7. The van der Waals surface area contributed by atoms with Crippen LogP contribution in [0.15, 0.2) is 41.8 Å². The molecule has 0 saturated carbocycles. The maximum Gasteiger partial charge on any atom is 0.242 e. The second-order valence-electron chi connectivity index (χ2n) is 5.56. The van der Waals surface area contributed by atoms with Gasteiger partial charge in [0.25, 0.3) is 0 Å². The zero-order valence-electron chi connectivity index (χ0n) is 12.9. The fraction of sp³-hybridized carbons (Fsp3) is 0.294. The average Bonchev–Trinajstić information content (AvgIpc) is 3.01. The lowest BCUT2D eigenvalue weighted by Gasteiger charge is -2.34. The highest BCUT2D eigenvalue weighted by Gasteiger charge is 2.31. The number of piperazine rings is 1. The standard InChI is InChI=1S/C17H19N3O2S/c1-12(21)19-14-5-2-4-13(10-14)11-20-8-7-18-17(22)16(20)15-6-3-9-23-15/h2-6,9-10,16H,7-8,11H2,1H3,(H,18,22)(H,19,21). The molecule has 1 aliphatic rings. The quantitative estimate of drug-likeness (QED) is 0.905. The minimum atomic E-state index is -0.242. The molecule has 5 nitrogen and oxygen atoms in total. The van der Waals surface area contributed by atoms with Gasteiger partial charge in [-0.3, -0.25) is 14.5 Å². The van der Waals surface area contributed by atoms with Crippen LogP contribution in [0.3, 0.4) is 0 Å². The number of anilines is 1. The van der Waals surface area contributed by atoms with E-state index in [9.17, 15) is 9.59 Å². The first-order valence-corrected chi connectivity index (χ1v) is 8.43. The first-order chi connectivity index (χ1) is 11.1. The summed E-state index contributed by atoms with van der Waals surface area (Å²) in [7, 11) is 0. The van der Waals surface area contributed by atoms with Crippen molar-refractivity contribution >= 4 is 28.8 Å². The van der Waals surface area contributed by atoms with Crippen molar-refractivity contribution in [3.63, 3.8) is 0 Å². The van der Waals surface area contributed by atoms with Crippen LogP contribution in [0.25, 0.3) is 0 Å². The van der Waals surface area contributed by atoms with Gasteiger partial charge in [0.15, 0.2) is 0 Å². The number of benzene rings is 1. The molecule has 1 aromatic heterocycles. The van der Waals surface area contributed by atoms with Crippen LogP contribution in [-0.2, 0) is 16.1 Å². The lowest BCUT2D eigenvalue weighted by Crippen LogP contribution is -2.49. The zero-order valence-corrected chi connectivity index (χ0v) is 13.7. The highest BCUT2D eigenvalue weighted by atomic mass is 32.1.